The van der Waals surface area contributed by atoms with Gasteiger partial charge in [0.1, 0.15) is 11.4 Å². The molecule has 2 aliphatic rings. The van der Waals surface area contributed by atoms with Crippen LogP contribution in [0.15, 0.2) is 67.3 Å². The van der Waals surface area contributed by atoms with Crippen LogP contribution in [0.25, 0.3) is 0 Å². The Balaban J connectivity index is 1.80. The smallest absolute Gasteiger partial charge is 0.303 e. The summed E-state index contributed by atoms with van der Waals surface area (Å²) in [5.41, 5.74) is 0.356. The highest BCUT2D eigenvalue weighted by atomic mass is 16.6. The maximum Gasteiger partial charge on any atom is 0.303 e. The molecule has 0 aromatic heterocycles. The molecule has 2 aromatic rings. The molecule has 2 aromatic carbocycles. The van der Waals surface area contributed by atoms with Crippen LogP contribution in [0, 0.1) is 5.92 Å². The third-order valence-corrected chi connectivity index (χ3v) is 8.08. The van der Waals surface area contributed by atoms with E-state index in [0.29, 0.717) is 44.0 Å². The lowest BCUT2D eigenvalue weighted by Crippen LogP contribution is -2.68. The summed E-state index contributed by atoms with van der Waals surface area (Å²) in [5.74, 6) is 0.231. The van der Waals surface area contributed by atoms with Crippen LogP contribution < -0.4 is 0 Å². The van der Waals surface area contributed by atoms with Crippen molar-refractivity contribution in [3.8, 4) is 5.75 Å². The first-order valence-corrected chi connectivity index (χ1v) is 13.4. The fourth-order valence-corrected chi connectivity index (χ4v) is 6.61. The van der Waals surface area contributed by atoms with Gasteiger partial charge in [0.15, 0.2) is 0 Å². The number of ether oxygens (including phenoxy) is 1. The monoisotopic (exact) mass is 504 g/mol. The first kappa shape index (κ1) is 26.9. The number of nitrogens with zero attached hydrogens (tertiary/aromatic N) is 2. The summed E-state index contributed by atoms with van der Waals surface area (Å²) < 4.78 is 6.31. The molecule has 1 aliphatic heterocycles. The van der Waals surface area contributed by atoms with Crippen LogP contribution in [0.3, 0.4) is 0 Å². The zero-order chi connectivity index (χ0) is 26.6. The molecule has 3 atom stereocenters. The average molecular weight is 505 g/mol. The Labute approximate surface area is 220 Å². The Kier molecular flexibility index (Phi) is 8.08. The van der Waals surface area contributed by atoms with Crippen LogP contribution in [0.4, 0.5) is 0 Å². The topological polar surface area (TPSA) is 70.1 Å². The first-order valence-electron chi connectivity index (χ1n) is 13.4. The largest absolute Gasteiger partial charge is 0.508 e. The van der Waals surface area contributed by atoms with Crippen molar-refractivity contribution in [3.05, 3.63) is 78.4 Å². The predicted octanol–water partition coefficient (Wildman–Crippen LogP) is 5.17. The molecule has 1 saturated carbocycles. The predicted molar refractivity (Wildman–Crippen MR) is 145 cm³/mol. The highest BCUT2D eigenvalue weighted by molar-refractivity contribution is 5.94. The molecule has 6 nitrogen and oxygen atoms in total. The third-order valence-electron chi connectivity index (χ3n) is 8.08. The second-order valence-corrected chi connectivity index (χ2v) is 11.1. The number of carbonyl (C=O) groups excluding carboxylic acids is 2. The molecule has 0 spiro atoms. The zero-order valence-corrected chi connectivity index (χ0v) is 22.4. The van der Waals surface area contributed by atoms with Gasteiger partial charge in [0, 0.05) is 43.6 Å². The SMILES string of the molecule is C=CCN1CCC2(c3cccc(O)c3)C[C@H](N(CC(C)C)C(=O)c3ccccc3)CCC2(OC(C)=O)C1. The molecule has 37 heavy (non-hydrogen) atoms. The Bertz CT molecular complexity index is 1120. The van der Waals surface area contributed by atoms with Crippen LogP contribution >= 0.6 is 0 Å². The van der Waals surface area contributed by atoms with E-state index in [4.69, 9.17) is 4.74 Å². The van der Waals surface area contributed by atoms with E-state index in [1.807, 2.05) is 59.5 Å². The van der Waals surface area contributed by atoms with Gasteiger partial charge in [-0.2, -0.15) is 0 Å². The van der Waals surface area contributed by atoms with E-state index in [-0.39, 0.29) is 23.7 Å². The number of fused-ring (bicyclic) bond motifs is 1. The van der Waals surface area contributed by atoms with Crippen molar-refractivity contribution < 1.29 is 19.4 Å². The maximum atomic E-state index is 13.8. The zero-order valence-electron chi connectivity index (χ0n) is 22.4. The van der Waals surface area contributed by atoms with Gasteiger partial charge >= 0.3 is 5.97 Å². The number of likely N-dealkylation sites (tertiary alicyclic amines) is 1. The van der Waals surface area contributed by atoms with Gasteiger partial charge in [-0.05, 0) is 68.0 Å². The summed E-state index contributed by atoms with van der Waals surface area (Å²) in [6.07, 6.45) is 4.68. The van der Waals surface area contributed by atoms with Gasteiger partial charge < -0.3 is 14.7 Å². The number of phenols is 1. The molecule has 6 heteroatoms. The normalized spacial score (nSPS) is 25.8. The number of phenolic OH excluding ortho intramolecular Hbond substituents is 1. The van der Waals surface area contributed by atoms with E-state index < -0.39 is 11.0 Å². The quantitative estimate of drug-likeness (QED) is 0.397. The number of benzene rings is 2. The summed E-state index contributed by atoms with van der Waals surface area (Å²) >= 11 is 0. The van der Waals surface area contributed by atoms with E-state index in [1.165, 1.54) is 6.92 Å². The number of hydrogen-bond donors (Lipinski definition) is 1. The highest BCUT2D eigenvalue weighted by Gasteiger charge is 2.61. The van der Waals surface area contributed by atoms with Crippen LogP contribution in [-0.4, -0.2) is 64.6 Å². The van der Waals surface area contributed by atoms with Crippen LogP contribution in [-0.2, 0) is 14.9 Å². The lowest BCUT2D eigenvalue weighted by molar-refractivity contribution is -0.188. The number of aromatic hydroxyl groups is 1. The number of esters is 1. The van der Waals surface area contributed by atoms with E-state index in [1.54, 1.807) is 6.07 Å². The minimum atomic E-state index is -0.760. The molecule has 1 aliphatic carbocycles. The lowest BCUT2D eigenvalue weighted by atomic mass is 9.54. The number of piperidine rings is 1. The van der Waals surface area contributed by atoms with Gasteiger partial charge in [0.25, 0.3) is 5.91 Å². The van der Waals surface area contributed by atoms with E-state index >= 15 is 0 Å². The lowest BCUT2D eigenvalue weighted by Gasteiger charge is -2.60. The van der Waals surface area contributed by atoms with Crippen molar-refractivity contribution in [2.45, 2.75) is 63.5 Å². The second kappa shape index (κ2) is 11.1. The molecule has 4 rings (SSSR count). The van der Waals surface area contributed by atoms with Gasteiger partial charge in [-0.3, -0.25) is 14.5 Å². The van der Waals surface area contributed by atoms with Crippen molar-refractivity contribution in [1.82, 2.24) is 9.80 Å². The Morgan fingerprint density at radius 3 is 2.59 bits per heavy atom. The first-order chi connectivity index (χ1) is 17.7. The van der Waals surface area contributed by atoms with Gasteiger partial charge in [-0.15, -0.1) is 6.58 Å². The second-order valence-electron chi connectivity index (χ2n) is 11.1. The summed E-state index contributed by atoms with van der Waals surface area (Å²) in [6, 6.07) is 16.8. The molecule has 1 heterocycles. The summed E-state index contributed by atoms with van der Waals surface area (Å²) in [6.45, 7) is 12.4. The summed E-state index contributed by atoms with van der Waals surface area (Å²) in [4.78, 5) is 30.7. The maximum absolute atomic E-state index is 13.8. The highest BCUT2D eigenvalue weighted by Crippen LogP contribution is 2.55. The minimum Gasteiger partial charge on any atom is -0.508 e. The fraction of sp³-hybridized carbons (Fsp3) is 0.484. The molecule has 2 unspecified atom stereocenters. The number of hydrogen-bond acceptors (Lipinski definition) is 5. The third kappa shape index (κ3) is 5.45. The molecule has 2 fully saturated rings. The van der Waals surface area contributed by atoms with E-state index in [2.05, 4.69) is 25.3 Å². The molecule has 0 radical (unpaired) electrons. The Hall–Kier alpha value is -3.12. The van der Waals surface area contributed by atoms with Gasteiger partial charge in [0.2, 0.25) is 0 Å². The molecule has 0 bridgehead atoms. The van der Waals surface area contributed by atoms with Gasteiger partial charge in [0.05, 0.1) is 0 Å². The van der Waals surface area contributed by atoms with Gasteiger partial charge in [-0.1, -0.05) is 50.3 Å². The van der Waals surface area contributed by atoms with E-state index in [0.717, 1.165) is 24.9 Å². The van der Waals surface area contributed by atoms with Gasteiger partial charge in [-0.25, -0.2) is 0 Å². The average Bonchev–Trinajstić information content (AvgIpc) is 2.87. The van der Waals surface area contributed by atoms with Crippen molar-refractivity contribution in [1.29, 1.82) is 0 Å². The van der Waals surface area contributed by atoms with Crippen LogP contribution in [0.1, 0.15) is 62.4 Å². The molecule has 198 valence electrons. The molecule has 1 N–H and O–H groups in total. The standard InChI is InChI=1S/C31H40N2O4/c1-5-17-32-18-16-30(26-12-9-13-28(35)19-26)20-27(14-15-31(30,22-32)37-24(4)34)33(21-23(2)3)29(36)25-10-7-6-8-11-25/h5-13,19,23,27,35H,1,14-18,20-22H2,2-4H3/t27-,30?,31?/m1/s1. The Morgan fingerprint density at radius 2 is 1.95 bits per heavy atom. The Morgan fingerprint density at radius 1 is 1.19 bits per heavy atom. The number of carbonyl (C=O) groups is 2. The van der Waals surface area contributed by atoms with Crippen molar-refractivity contribution in [2.75, 3.05) is 26.2 Å². The number of amides is 1. The molecular weight excluding hydrogens is 464 g/mol. The van der Waals surface area contributed by atoms with Crippen LogP contribution in [0.2, 0.25) is 0 Å². The summed E-state index contributed by atoms with van der Waals surface area (Å²) in [5, 5.41) is 10.5. The molecule has 1 amide bonds. The van der Waals surface area contributed by atoms with Crippen molar-refractivity contribution in [3.63, 3.8) is 0 Å². The van der Waals surface area contributed by atoms with Crippen LogP contribution in [0.5, 0.6) is 5.75 Å². The molecule has 1 saturated heterocycles. The summed E-state index contributed by atoms with van der Waals surface area (Å²) in [7, 11) is 0. The number of rotatable bonds is 8. The fourth-order valence-electron chi connectivity index (χ4n) is 6.61. The molecular formula is C31H40N2O4. The van der Waals surface area contributed by atoms with E-state index in [9.17, 15) is 14.7 Å². The van der Waals surface area contributed by atoms with Crippen molar-refractivity contribution >= 4 is 11.9 Å². The minimum absolute atomic E-state index is 0.0212. The van der Waals surface area contributed by atoms with Crippen molar-refractivity contribution in [2.24, 2.45) is 5.92 Å².